The number of carbonyl (C=O) groups excluding carboxylic acids is 1. The van der Waals surface area contributed by atoms with Crippen molar-refractivity contribution in [2.24, 2.45) is 0 Å². The molecule has 3 heterocycles. The van der Waals surface area contributed by atoms with Crippen LogP contribution in [-0.4, -0.2) is 65.2 Å². The predicted octanol–water partition coefficient (Wildman–Crippen LogP) is 4.05. The van der Waals surface area contributed by atoms with Crippen molar-refractivity contribution in [3.05, 3.63) is 65.5 Å². The van der Waals surface area contributed by atoms with Gasteiger partial charge in [-0.05, 0) is 42.8 Å². The number of phosphoric acid groups is 1. The maximum Gasteiger partial charge on any atom is 0.469 e. The molecular weight excluding hydrogens is 556 g/mol. The van der Waals surface area contributed by atoms with Gasteiger partial charge in [-0.15, -0.1) is 0 Å². The first kappa shape index (κ1) is 29.4. The molecule has 3 N–H and O–H groups in total. The Morgan fingerprint density at radius 1 is 1.15 bits per heavy atom. The molecule has 0 radical (unpaired) electrons. The molecule has 0 atom stereocenters. The number of nitrogens with zero attached hydrogens (tertiary/aromatic N) is 3. The van der Waals surface area contributed by atoms with Gasteiger partial charge >= 0.3 is 14.0 Å². The van der Waals surface area contributed by atoms with Crippen LogP contribution in [0.3, 0.4) is 0 Å². The fourth-order valence-corrected chi connectivity index (χ4v) is 4.22. The molecule has 0 bridgehead atoms. The third-order valence-electron chi connectivity index (χ3n) is 5.82. The summed E-state index contributed by atoms with van der Waals surface area (Å²) >= 11 is 0. The molecule has 40 heavy (non-hydrogen) atoms. The molecule has 0 spiro atoms. The molecule has 1 saturated heterocycles. The van der Waals surface area contributed by atoms with Crippen LogP contribution in [0.1, 0.15) is 21.6 Å². The molecule has 0 aliphatic carbocycles. The summed E-state index contributed by atoms with van der Waals surface area (Å²) in [5.74, 6) is -0.0175. The van der Waals surface area contributed by atoms with Gasteiger partial charge in [-0.25, -0.2) is 4.57 Å². The first-order chi connectivity index (χ1) is 18.9. The van der Waals surface area contributed by atoms with E-state index in [4.69, 9.17) is 19.3 Å². The van der Waals surface area contributed by atoms with Crippen LogP contribution in [0.4, 0.5) is 24.7 Å². The molecule has 1 aliphatic heterocycles. The molecule has 1 amide bonds. The number of pyridine rings is 2. The number of rotatable bonds is 9. The summed E-state index contributed by atoms with van der Waals surface area (Å²) in [7, 11) is -4.65. The number of nitrogens with one attached hydrogen (secondary N) is 1. The SMILES string of the molecule is Cc1ncc(NC(=O)c2cccc(C(F)(F)F)c2)cc1-c1cc(OCCOP(=O)(O)O)nc(N2CCOCC2)c1. The maximum atomic E-state index is 13.1. The Bertz CT molecular complexity index is 1410. The number of hydrogen-bond donors (Lipinski definition) is 3. The lowest BCUT2D eigenvalue weighted by atomic mass is 10.0. The number of anilines is 2. The number of hydrogen-bond acceptors (Lipinski definition) is 8. The summed E-state index contributed by atoms with van der Waals surface area (Å²) in [5.41, 5.74) is 0.951. The van der Waals surface area contributed by atoms with E-state index in [9.17, 15) is 22.5 Å². The van der Waals surface area contributed by atoms with Gasteiger partial charge in [-0.1, -0.05) is 6.07 Å². The summed E-state index contributed by atoms with van der Waals surface area (Å²) in [6.07, 6.45) is -3.19. The summed E-state index contributed by atoms with van der Waals surface area (Å²) in [6, 6.07) is 9.13. The van der Waals surface area contributed by atoms with Crippen LogP contribution in [0.25, 0.3) is 11.1 Å². The number of alkyl halides is 3. The van der Waals surface area contributed by atoms with Crippen LogP contribution in [0.15, 0.2) is 48.7 Å². The van der Waals surface area contributed by atoms with Crippen LogP contribution >= 0.6 is 7.82 Å². The summed E-state index contributed by atoms with van der Waals surface area (Å²) in [4.78, 5) is 41.3. The first-order valence-electron chi connectivity index (χ1n) is 12.0. The van der Waals surface area contributed by atoms with E-state index in [2.05, 4.69) is 19.8 Å². The molecule has 214 valence electrons. The van der Waals surface area contributed by atoms with Crippen LogP contribution in [0.5, 0.6) is 5.88 Å². The quantitative estimate of drug-likeness (QED) is 0.250. The maximum absolute atomic E-state index is 13.1. The van der Waals surface area contributed by atoms with Gasteiger partial charge in [0.25, 0.3) is 5.91 Å². The minimum atomic E-state index is -4.65. The lowest BCUT2D eigenvalue weighted by Crippen LogP contribution is -2.36. The van der Waals surface area contributed by atoms with Crippen molar-refractivity contribution in [2.75, 3.05) is 49.7 Å². The lowest BCUT2D eigenvalue weighted by molar-refractivity contribution is -0.137. The number of aryl methyl sites for hydroxylation is 1. The van der Waals surface area contributed by atoms with Crippen molar-refractivity contribution in [1.82, 2.24) is 9.97 Å². The minimum absolute atomic E-state index is 0.158. The van der Waals surface area contributed by atoms with Crippen molar-refractivity contribution in [1.29, 1.82) is 0 Å². The van der Waals surface area contributed by atoms with Gasteiger partial charge in [0.05, 0.1) is 37.3 Å². The summed E-state index contributed by atoms with van der Waals surface area (Å²) in [5, 5.41) is 2.59. The Hall–Kier alpha value is -3.55. The number of ether oxygens (including phenoxy) is 2. The average molecular weight is 582 g/mol. The number of morpholine rings is 1. The third-order valence-corrected chi connectivity index (χ3v) is 6.34. The van der Waals surface area contributed by atoms with E-state index < -0.39 is 25.5 Å². The van der Waals surface area contributed by atoms with Crippen LogP contribution in [0.2, 0.25) is 0 Å². The van der Waals surface area contributed by atoms with Crippen molar-refractivity contribution in [3.63, 3.8) is 0 Å². The van der Waals surface area contributed by atoms with E-state index in [1.807, 2.05) is 4.90 Å². The normalized spacial score (nSPS) is 14.2. The van der Waals surface area contributed by atoms with E-state index in [-0.39, 0.29) is 30.3 Å². The minimum Gasteiger partial charge on any atom is -0.475 e. The molecule has 11 nitrogen and oxygen atoms in total. The molecule has 3 aromatic rings. The second-order valence-electron chi connectivity index (χ2n) is 8.71. The van der Waals surface area contributed by atoms with Crippen LogP contribution in [-0.2, 0) is 20.0 Å². The highest BCUT2D eigenvalue weighted by molar-refractivity contribution is 7.46. The number of amides is 1. The highest BCUT2D eigenvalue weighted by Gasteiger charge is 2.31. The Balaban J connectivity index is 1.61. The van der Waals surface area contributed by atoms with E-state index in [1.165, 1.54) is 12.3 Å². The average Bonchev–Trinajstić information content (AvgIpc) is 2.91. The zero-order chi connectivity index (χ0) is 28.9. The van der Waals surface area contributed by atoms with Gasteiger partial charge in [0.15, 0.2) is 0 Å². The smallest absolute Gasteiger partial charge is 0.469 e. The largest absolute Gasteiger partial charge is 0.475 e. The highest BCUT2D eigenvalue weighted by atomic mass is 31.2. The standard InChI is InChI=1S/C25H26F3N4O7P/c1-16-21(14-20(15-29-16)30-24(33)17-3-2-4-19(11-17)25(26,27)28)18-12-22(32-5-7-37-8-6-32)31-23(13-18)38-9-10-39-40(34,35)36/h2-4,11-15H,5-10H2,1H3,(H,30,33)(H2,34,35,36). The second-order valence-corrected chi connectivity index (χ2v) is 9.95. The fraction of sp³-hybridized carbons (Fsp3) is 0.320. The van der Waals surface area contributed by atoms with E-state index in [0.717, 1.165) is 18.2 Å². The van der Waals surface area contributed by atoms with Crippen molar-refractivity contribution in [2.45, 2.75) is 13.1 Å². The van der Waals surface area contributed by atoms with Crippen molar-refractivity contribution >= 4 is 25.2 Å². The third kappa shape index (κ3) is 7.99. The monoisotopic (exact) mass is 582 g/mol. The molecule has 2 aromatic heterocycles. The molecule has 0 unspecified atom stereocenters. The number of aromatic nitrogens is 2. The molecule has 1 aromatic carbocycles. The lowest BCUT2D eigenvalue weighted by Gasteiger charge is -2.28. The summed E-state index contributed by atoms with van der Waals surface area (Å²) in [6.45, 7) is 3.32. The van der Waals surface area contributed by atoms with Crippen LogP contribution < -0.4 is 15.0 Å². The van der Waals surface area contributed by atoms with Crippen molar-refractivity contribution < 1.29 is 46.3 Å². The predicted molar refractivity (Wildman–Crippen MR) is 138 cm³/mol. The fourth-order valence-electron chi connectivity index (χ4n) is 3.91. The Morgan fingerprint density at radius 2 is 1.90 bits per heavy atom. The van der Waals surface area contributed by atoms with Gasteiger partial charge in [0.1, 0.15) is 12.4 Å². The zero-order valence-electron chi connectivity index (χ0n) is 21.2. The van der Waals surface area contributed by atoms with E-state index in [1.54, 1.807) is 25.1 Å². The molecular formula is C25H26F3N4O7P. The zero-order valence-corrected chi connectivity index (χ0v) is 22.1. The highest BCUT2D eigenvalue weighted by Crippen LogP contribution is 2.36. The number of halogens is 3. The molecule has 15 heteroatoms. The molecule has 1 aliphatic rings. The van der Waals surface area contributed by atoms with Gasteiger partial charge < -0.3 is 29.5 Å². The molecule has 4 rings (SSSR count). The Labute approximate surface area is 227 Å². The van der Waals surface area contributed by atoms with Gasteiger partial charge in [-0.2, -0.15) is 18.2 Å². The van der Waals surface area contributed by atoms with Gasteiger partial charge in [0, 0.05) is 36.0 Å². The van der Waals surface area contributed by atoms with Gasteiger partial charge in [-0.3, -0.25) is 14.3 Å². The Kier molecular flexibility index (Phi) is 9.06. The Morgan fingerprint density at radius 3 is 2.60 bits per heavy atom. The summed E-state index contributed by atoms with van der Waals surface area (Å²) < 4.78 is 65.6. The molecule has 1 fully saturated rings. The van der Waals surface area contributed by atoms with Gasteiger partial charge in [0.2, 0.25) is 5.88 Å². The number of phosphoric ester groups is 1. The second kappa shape index (κ2) is 12.3. The molecule has 0 saturated carbocycles. The van der Waals surface area contributed by atoms with Crippen LogP contribution in [0, 0.1) is 6.92 Å². The van der Waals surface area contributed by atoms with E-state index >= 15 is 0 Å². The first-order valence-corrected chi connectivity index (χ1v) is 13.6. The van der Waals surface area contributed by atoms with E-state index in [0.29, 0.717) is 48.9 Å². The number of benzene rings is 1. The topological polar surface area (TPSA) is 143 Å². The van der Waals surface area contributed by atoms with Crippen molar-refractivity contribution in [3.8, 4) is 17.0 Å². The number of carbonyl (C=O) groups is 1.